The van der Waals surface area contributed by atoms with Gasteiger partial charge in [-0.2, -0.15) is 0 Å². The SMILES string of the molecule is C[SiH](C)c1ccccc1-c1ccco1. The van der Waals surface area contributed by atoms with Crippen molar-refractivity contribution >= 4 is 14.0 Å². The fraction of sp³-hybridized carbons (Fsp3) is 0.167. The van der Waals surface area contributed by atoms with Crippen molar-refractivity contribution < 1.29 is 4.42 Å². The molecule has 0 saturated heterocycles. The predicted octanol–water partition coefficient (Wildman–Crippen LogP) is 2.64. The molecule has 2 rings (SSSR count). The van der Waals surface area contributed by atoms with Gasteiger partial charge >= 0.3 is 0 Å². The van der Waals surface area contributed by atoms with E-state index in [0.717, 1.165) is 5.76 Å². The van der Waals surface area contributed by atoms with Gasteiger partial charge in [-0.05, 0) is 12.1 Å². The Morgan fingerprint density at radius 2 is 1.79 bits per heavy atom. The number of hydrogen-bond acceptors (Lipinski definition) is 1. The number of benzene rings is 1. The van der Waals surface area contributed by atoms with Crippen molar-refractivity contribution in [1.82, 2.24) is 0 Å². The summed E-state index contributed by atoms with van der Waals surface area (Å²) in [6, 6.07) is 12.5. The molecule has 1 aromatic heterocycles. The molecule has 0 fully saturated rings. The van der Waals surface area contributed by atoms with Gasteiger partial charge in [-0.25, -0.2) is 0 Å². The second-order valence-corrected chi connectivity index (χ2v) is 6.65. The summed E-state index contributed by atoms with van der Waals surface area (Å²) in [6.45, 7) is 4.67. The van der Waals surface area contributed by atoms with Crippen LogP contribution in [-0.2, 0) is 0 Å². The maximum absolute atomic E-state index is 5.43. The highest BCUT2D eigenvalue weighted by Crippen LogP contribution is 2.17. The summed E-state index contributed by atoms with van der Waals surface area (Å²) in [7, 11) is -0.773. The van der Waals surface area contributed by atoms with Crippen molar-refractivity contribution in [2.24, 2.45) is 0 Å². The van der Waals surface area contributed by atoms with Gasteiger partial charge in [0.1, 0.15) is 5.76 Å². The highest BCUT2D eigenvalue weighted by atomic mass is 28.3. The molecule has 0 saturated carbocycles. The first-order valence-corrected chi connectivity index (χ1v) is 7.80. The van der Waals surface area contributed by atoms with E-state index in [0.29, 0.717) is 0 Å². The van der Waals surface area contributed by atoms with Gasteiger partial charge in [0.2, 0.25) is 0 Å². The van der Waals surface area contributed by atoms with Crippen LogP contribution in [0.15, 0.2) is 47.1 Å². The van der Waals surface area contributed by atoms with Crippen LogP contribution in [0.4, 0.5) is 0 Å². The molecule has 0 aliphatic heterocycles. The molecule has 0 amide bonds. The van der Waals surface area contributed by atoms with Crippen LogP contribution >= 0.6 is 0 Å². The number of furan rings is 1. The molecule has 1 heterocycles. The highest BCUT2D eigenvalue weighted by Gasteiger charge is 2.09. The zero-order valence-electron chi connectivity index (χ0n) is 8.53. The summed E-state index contributed by atoms with van der Waals surface area (Å²) in [5.41, 5.74) is 1.26. The second-order valence-electron chi connectivity index (χ2n) is 3.72. The van der Waals surface area contributed by atoms with Crippen molar-refractivity contribution in [3.63, 3.8) is 0 Å². The van der Waals surface area contributed by atoms with Crippen LogP contribution in [0.25, 0.3) is 11.3 Å². The van der Waals surface area contributed by atoms with Gasteiger partial charge in [0, 0.05) is 5.56 Å². The zero-order chi connectivity index (χ0) is 9.97. The Labute approximate surface area is 86.0 Å². The first-order valence-electron chi connectivity index (χ1n) is 4.92. The molecule has 1 nitrogen and oxygen atoms in total. The molecule has 0 atom stereocenters. The summed E-state index contributed by atoms with van der Waals surface area (Å²) < 4.78 is 5.43. The normalized spacial score (nSPS) is 10.8. The van der Waals surface area contributed by atoms with Crippen molar-refractivity contribution in [3.05, 3.63) is 42.7 Å². The first kappa shape index (κ1) is 9.28. The van der Waals surface area contributed by atoms with Crippen LogP contribution in [0.5, 0.6) is 0 Å². The lowest BCUT2D eigenvalue weighted by atomic mass is 10.2. The average molecular weight is 202 g/mol. The fourth-order valence-electron chi connectivity index (χ4n) is 1.66. The van der Waals surface area contributed by atoms with Crippen molar-refractivity contribution in [2.75, 3.05) is 0 Å². The quantitative estimate of drug-likeness (QED) is 0.682. The second kappa shape index (κ2) is 3.84. The van der Waals surface area contributed by atoms with Crippen LogP contribution in [0.2, 0.25) is 13.1 Å². The maximum atomic E-state index is 5.43. The monoisotopic (exact) mass is 202 g/mol. The van der Waals surface area contributed by atoms with Gasteiger partial charge in [-0.1, -0.05) is 42.5 Å². The van der Waals surface area contributed by atoms with Crippen LogP contribution < -0.4 is 5.19 Å². The molecule has 2 aromatic rings. The molecule has 0 N–H and O–H groups in total. The first-order chi connectivity index (χ1) is 6.79. The van der Waals surface area contributed by atoms with E-state index < -0.39 is 8.80 Å². The minimum atomic E-state index is -0.773. The van der Waals surface area contributed by atoms with E-state index in [4.69, 9.17) is 4.42 Å². The van der Waals surface area contributed by atoms with Crippen LogP contribution in [-0.4, -0.2) is 8.80 Å². The van der Waals surface area contributed by atoms with E-state index in [2.05, 4.69) is 37.4 Å². The summed E-state index contributed by atoms with van der Waals surface area (Å²) >= 11 is 0. The molecule has 14 heavy (non-hydrogen) atoms. The smallest absolute Gasteiger partial charge is 0.133 e. The lowest BCUT2D eigenvalue weighted by molar-refractivity contribution is 0.583. The highest BCUT2D eigenvalue weighted by molar-refractivity contribution is 6.72. The van der Waals surface area contributed by atoms with Crippen molar-refractivity contribution in [2.45, 2.75) is 13.1 Å². The van der Waals surface area contributed by atoms with Crippen LogP contribution in [0.3, 0.4) is 0 Å². The van der Waals surface area contributed by atoms with Crippen LogP contribution in [0.1, 0.15) is 0 Å². The Bertz CT molecular complexity index is 404. The minimum Gasteiger partial charge on any atom is -0.464 e. The molecule has 0 spiro atoms. The fourth-order valence-corrected chi connectivity index (χ4v) is 3.01. The third-order valence-corrected chi connectivity index (χ3v) is 4.12. The van der Waals surface area contributed by atoms with E-state index in [1.807, 2.05) is 12.1 Å². The molecular formula is C12H14OSi. The molecule has 2 heteroatoms. The van der Waals surface area contributed by atoms with Crippen molar-refractivity contribution in [3.8, 4) is 11.3 Å². The van der Waals surface area contributed by atoms with E-state index in [-0.39, 0.29) is 0 Å². The molecule has 1 aromatic carbocycles. The van der Waals surface area contributed by atoms with Gasteiger partial charge in [0.05, 0.1) is 15.1 Å². The summed E-state index contributed by atoms with van der Waals surface area (Å²) in [5.74, 6) is 0.988. The Kier molecular flexibility index (Phi) is 2.55. The van der Waals surface area contributed by atoms with E-state index >= 15 is 0 Å². The molecule has 72 valence electrons. The summed E-state index contributed by atoms with van der Waals surface area (Å²) in [6.07, 6.45) is 1.73. The molecule has 0 bridgehead atoms. The molecule has 0 aliphatic rings. The van der Waals surface area contributed by atoms with Gasteiger partial charge in [-0.3, -0.25) is 0 Å². The Hall–Kier alpha value is -1.28. The Balaban J connectivity index is 2.53. The molecule has 0 unspecified atom stereocenters. The Morgan fingerprint density at radius 3 is 2.43 bits per heavy atom. The summed E-state index contributed by atoms with van der Waals surface area (Å²) in [5, 5.41) is 1.47. The summed E-state index contributed by atoms with van der Waals surface area (Å²) in [4.78, 5) is 0. The lowest BCUT2D eigenvalue weighted by Crippen LogP contribution is -2.24. The number of rotatable bonds is 2. The van der Waals surface area contributed by atoms with Gasteiger partial charge in [0.25, 0.3) is 0 Å². The molecule has 0 aliphatic carbocycles. The third-order valence-electron chi connectivity index (χ3n) is 2.37. The Morgan fingerprint density at radius 1 is 1.00 bits per heavy atom. The van der Waals surface area contributed by atoms with E-state index in [1.54, 1.807) is 6.26 Å². The predicted molar refractivity (Wildman–Crippen MR) is 62.7 cm³/mol. The molecule has 0 radical (unpaired) electrons. The standard InChI is InChI=1S/C12H14OSi/c1-14(2)12-8-4-3-6-10(12)11-7-5-9-13-11/h3-9,14H,1-2H3. The maximum Gasteiger partial charge on any atom is 0.133 e. The topological polar surface area (TPSA) is 13.1 Å². The minimum absolute atomic E-state index is 0.773. The molecular weight excluding hydrogens is 188 g/mol. The van der Waals surface area contributed by atoms with Crippen molar-refractivity contribution in [1.29, 1.82) is 0 Å². The van der Waals surface area contributed by atoms with Gasteiger partial charge < -0.3 is 4.42 Å². The van der Waals surface area contributed by atoms with Gasteiger partial charge in [-0.15, -0.1) is 0 Å². The van der Waals surface area contributed by atoms with E-state index in [9.17, 15) is 0 Å². The third kappa shape index (κ3) is 1.66. The van der Waals surface area contributed by atoms with E-state index in [1.165, 1.54) is 10.8 Å². The zero-order valence-corrected chi connectivity index (χ0v) is 9.68. The average Bonchev–Trinajstić information content (AvgIpc) is 2.70. The van der Waals surface area contributed by atoms with Gasteiger partial charge in [0.15, 0.2) is 0 Å². The van der Waals surface area contributed by atoms with Crippen LogP contribution in [0, 0.1) is 0 Å². The largest absolute Gasteiger partial charge is 0.464 e. The number of hydrogen-bond donors (Lipinski definition) is 0. The lowest BCUT2D eigenvalue weighted by Gasteiger charge is -2.08.